The van der Waals surface area contributed by atoms with Crippen LogP contribution in [-0.2, 0) is 16.2 Å². The molecule has 136 valence electrons. The normalized spacial score (nSPS) is 24.1. The van der Waals surface area contributed by atoms with Crippen LogP contribution in [-0.4, -0.2) is 29.7 Å². The lowest BCUT2D eigenvalue weighted by atomic mass is 10.0. The molecule has 3 atom stereocenters. The molecule has 1 aromatic carbocycles. The van der Waals surface area contributed by atoms with Crippen molar-refractivity contribution in [3.63, 3.8) is 0 Å². The van der Waals surface area contributed by atoms with Gasteiger partial charge >= 0.3 is 0 Å². The summed E-state index contributed by atoms with van der Waals surface area (Å²) in [5.41, 5.74) is 1.22. The fourth-order valence-corrected chi connectivity index (χ4v) is 3.30. The smallest absolute Gasteiger partial charge is 0.267 e. The summed E-state index contributed by atoms with van der Waals surface area (Å²) in [7, 11) is 1.72. The molecule has 0 bridgehead atoms. The Morgan fingerprint density at radius 2 is 2.15 bits per heavy atom. The van der Waals surface area contributed by atoms with Gasteiger partial charge in [-0.3, -0.25) is 4.79 Å². The molecule has 0 saturated heterocycles. The van der Waals surface area contributed by atoms with Crippen LogP contribution >= 0.6 is 0 Å². The second-order valence-corrected chi connectivity index (χ2v) is 7.16. The fourth-order valence-electron chi connectivity index (χ4n) is 3.30. The third kappa shape index (κ3) is 3.36. The molecule has 6 heteroatoms. The van der Waals surface area contributed by atoms with Gasteiger partial charge in [0.25, 0.3) is 5.91 Å². The van der Waals surface area contributed by atoms with Crippen LogP contribution in [0.2, 0.25) is 0 Å². The molecule has 1 aliphatic heterocycles. The first-order valence-corrected chi connectivity index (χ1v) is 8.83. The second kappa shape index (κ2) is 6.59. The van der Waals surface area contributed by atoms with Crippen molar-refractivity contribution in [3.8, 4) is 0 Å². The number of benzene rings is 1. The summed E-state index contributed by atoms with van der Waals surface area (Å²) in [6.45, 7) is 2.59. The SMILES string of the molecule is C[C@@H]1C[C@H]1c1ccc(CN(C)C(=O)[C@@H]2CC(c3cccc(F)c3)=NO2)o1. The summed E-state index contributed by atoms with van der Waals surface area (Å²) in [5, 5.41) is 3.96. The van der Waals surface area contributed by atoms with Gasteiger partial charge < -0.3 is 14.2 Å². The van der Waals surface area contributed by atoms with Crippen molar-refractivity contribution in [1.29, 1.82) is 0 Å². The lowest BCUT2D eigenvalue weighted by Crippen LogP contribution is -2.36. The molecule has 4 rings (SSSR count). The van der Waals surface area contributed by atoms with Crippen molar-refractivity contribution in [1.82, 2.24) is 4.90 Å². The maximum Gasteiger partial charge on any atom is 0.267 e. The zero-order valence-electron chi connectivity index (χ0n) is 14.8. The Bertz CT molecular complexity index is 860. The molecular weight excluding hydrogens is 335 g/mol. The summed E-state index contributed by atoms with van der Waals surface area (Å²) < 4.78 is 19.2. The van der Waals surface area contributed by atoms with E-state index in [1.807, 2.05) is 12.1 Å². The average Bonchev–Trinajstić information content (AvgIpc) is 3.05. The highest BCUT2D eigenvalue weighted by Crippen LogP contribution is 2.47. The molecule has 2 aliphatic rings. The third-order valence-corrected chi connectivity index (χ3v) is 5.03. The highest BCUT2D eigenvalue weighted by molar-refractivity contribution is 6.04. The van der Waals surface area contributed by atoms with Crippen molar-refractivity contribution >= 4 is 11.6 Å². The summed E-state index contributed by atoms with van der Waals surface area (Å²) in [6, 6.07) is 10.1. The minimum Gasteiger partial charge on any atom is -0.464 e. The Kier molecular flexibility index (Phi) is 4.26. The Labute approximate surface area is 151 Å². The van der Waals surface area contributed by atoms with Crippen molar-refractivity contribution < 1.29 is 18.4 Å². The van der Waals surface area contributed by atoms with Crippen LogP contribution in [0.15, 0.2) is 46.0 Å². The number of carbonyl (C=O) groups excluding carboxylic acids is 1. The zero-order chi connectivity index (χ0) is 18.3. The molecule has 5 nitrogen and oxygen atoms in total. The Hall–Kier alpha value is -2.63. The molecule has 0 unspecified atom stereocenters. The van der Waals surface area contributed by atoms with E-state index in [-0.39, 0.29) is 11.7 Å². The first-order valence-electron chi connectivity index (χ1n) is 8.83. The summed E-state index contributed by atoms with van der Waals surface area (Å²) in [5.74, 6) is 2.46. The molecular formula is C20H21FN2O3. The highest BCUT2D eigenvalue weighted by Gasteiger charge is 2.37. The third-order valence-electron chi connectivity index (χ3n) is 5.03. The van der Waals surface area contributed by atoms with E-state index in [0.29, 0.717) is 36.1 Å². The minimum atomic E-state index is -0.684. The number of oxime groups is 1. The van der Waals surface area contributed by atoms with E-state index in [4.69, 9.17) is 9.25 Å². The lowest BCUT2D eigenvalue weighted by molar-refractivity contribution is -0.141. The molecule has 1 aromatic heterocycles. The fraction of sp³-hybridized carbons (Fsp3) is 0.400. The number of amides is 1. The molecule has 1 fully saturated rings. The highest BCUT2D eigenvalue weighted by atomic mass is 19.1. The molecule has 0 spiro atoms. The summed E-state index contributed by atoms with van der Waals surface area (Å²) in [4.78, 5) is 19.5. The lowest BCUT2D eigenvalue weighted by Gasteiger charge is -2.18. The van der Waals surface area contributed by atoms with Gasteiger partial charge in [-0.05, 0) is 36.6 Å². The predicted molar refractivity (Wildman–Crippen MR) is 94.1 cm³/mol. The maximum absolute atomic E-state index is 13.4. The average molecular weight is 356 g/mol. The molecule has 1 saturated carbocycles. The predicted octanol–water partition coefficient (Wildman–Crippen LogP) is 3.69. The molecule has 0 N–H and O–H groups in total. The number of furan rings is 1. The number of halogens is 1. The molecule has 0 radical (unpaired) electrons. The van der Waals surface area contributed by atoms with Crippen LogP contribution in [0.4, 0.5) is 4.39 Å². The Morgan fingerprint density at radius 1 is 1.35 bits per heavy atom. The minimum absolute atomic E-state index is 0.169. The van der Waals surface area contributed by atoms with Crippen LogP contribution in [0, 0.1) is 11.7 Å². The number of carbonyl (C=O) groups is 1. The van der Waals surface area contributed by atoms with Crippen molar-refractivity contribution in [2.75, 3.05) is 7.05 Å². The van der Waals surface area contributed by atoms with Crippen LogP contribution in [0.5, 0.6) is 0 Å². The largest absolute Gasteiger partial charge is 0.464 e. The van der Waals surface area contributed by atoms with Crippen molar-refractivity contribution in [3.05, 3.63) is 59.3 Å². The van der Waals surface area contributed by atoms with Crippen LogP contribution in [0.25, 0.3) is 0 Å². The molecule has 26 heavy (non-hydrogen) atoms. The van der Waals surface area contributed by atoms with E-state index in [1.54, 1.807) is 24.1 Å². The van der Waals surface area contributed by atoms with E-state index in [2.05, 4.69) is 12.1 Å². The molecule has 2 heterocycles. The van der Waals surface area contributed by atoms with Gasteiger partial charge in [0.2, 0.25) is 6.10 Å². The number of rotatable bonds is 5. The number of hydrogen-bond donors (Lipinski definition) is 0. The Balaban J connectivity index is 1.35. The topological polar surface area (TPSA) is 55.0 Å². The van der Waals surface area contributed by atoms with Gasteiger partial charge in [0.1, 0.15) is 17.3 Å². The number of nitrogens with zero attached hydrogens (tertiary/aromatic N) is 2. The first kappa shape index (κ1) is 16.8. The standard InChI is InChI=1S/C20H21FN2O3/c1-12-8-16(12)18-7-6-15(25-18)11-23(2)20(24)19-10-17(22-26-19)13-4-3-5-14(21)9-13/h3-7,9,12,16,19H,8,10-11H2,1-2H3/t12-,16-,19+/m1/s1. The van der Waals surface area contributed by atoms with Crippen LogP contribution in [0.1, 0.15) is 42.8 Å². The first-order chi connectivity index (χ1) is 12.5. The number of hydrogen-bond acceptors (Lipinski definition) is 4. The van der Waals surface area contributed by atoms with Gasteiger partial charge in [-0.1, -0.05) is 24.2 Å². The van der Waals surface area contributed by atoms with Crippen LogP contribution < -0.4 is 0 Å². The van der Waals surface area contributed by atoms with Gasteiger partial charge in [0.05, 0.1) is 12.3 Å². The van der Waals surface area contributed by atoms with Crippen molar-refractivity contribution in [2.45, 2.75) is 38.3 Å². The van der Waals surface area contributed by atoms with Crippen molar-refractivity contribution in [2.24, 2.45) is 11.1 Å². The number of likely N-dealkylation sites (N-methyl/N-ethyl adjacent to an activating group) is 1. The van der Waals surface area contributed by atoms with E-state index >= 15 is 0 Å². The molecule has 2 aromatic rings. The van der Waals surface area contributed by atoms with Gasteiger partial charge in [0.15, 0.2) is 0 Å². The van der Waals surface area contributed by atoms with Gasteiger partial charge in [0, 0.05) is 24.9 Å². The Morgan fingerprint density at radius 3 is 2.88 bits per heavy atom. The monoisotopic (exact) mass is 356 g/mol. The zero-order valence-corrected chi connectivity index (χ0v) is 14.8. The van der Waals surface area contributed by atoms with E-state index in [0.717, 1.165) is 17.9 Å². The van der Waals surface area contributed by atoms with E-state index < -0.39 is 6.10 Å². The maximum atomic E-state index is 13.4. The van der Waals surface area contributed by atoms with Gasteiger partial charge in [-0.2, -0.15) is 0 Å². The van der Waals surface area contributed by atoms with Crippen LogP contribution in [0.3, 0.4) is 0 Å². The van der Waals surface area contributed by atoms with E-state index in [9.17, 15) is 9.18 Å². The molecule has 1 aliphatic carbocycles. The quantitative estimate of drug-likeness (QED) is 0.821. The van der Waals surface area contributed by atoms with Gasteiger partial charge in [-0.25, -0.2) is 4.39 Å². The molecule has 1 amide bonds. The van der Waals surface area contributed by atoms with E-state index in [1.165, 1.54) is 12.1 Å². The van der Waals surface area contributed by atoms with Gasteiger partial charge in [-0.15, -0.1) is 0 Å². The second-order valence-electron chi connectivity index (χ2n) is 7.16. The summed E-state index contributed by atoms with van der Waals surface area (Å²) >= 11 is 0. The summed E-state index contributed by atoms with van der Waals surface area (Å²) in [6.07, 6.45) is 0.809.